The number of benzene rings is 2. The molecule has 0 aliphatic rings. The van der Waals surface area contributed by atoms with Crippen LogP contribution in [-0.4, -0.2) is 21.9 Å². The predicted octanol–water partition coefficient (Wildman–Crippen LogP) is 4.07. The normalized spacial score (nSPS) is 10.6. The summed E-state index contributed by atoms with van der Waals surface area (Å²) in [6.45, 7) is 4.78. The summed E-state index contributed by atoms with van der Waals surface area (Å²) in [4.78, 5) is 0. The van der Waals surface area contributed by atoms with Gasteiger partial charge in [-0.2, -0.15) is 10.4 Å². The van der Waals surface area contributed by atoms with Gasteiger partial charge in [-0.25, -0.2) is 0 Å². The number of aliphatic hydroxyl groups excluding tert-OH is 1. The Balaban J connectivity index is 1.78. The van der Waals surface area contributed by atoms with Crippen LogP contribution in [0, 0.1) is 25.2 Å². The number of nitriles is 1. The van der Waals surface area contributed by atoms with Gasteiger partial charge in [0.25, 0.3) is 0 Å². The summed E-state index contributed by atoms with van der Waals surface area (Å²) in [5.74, 6) is 0.808. The van der Waals surface area contributed by atoms with E-state index >= 15 is 0 Å². The molecule has 0 aliphatic heterocycles. The fourth-order valence-corrected chi connectivity index (χ4v) is 3.01. The van der Waals surface area contributed by atoms with Crippen LogP contribution in [0.3, 0.4) is 0 Å². The van der Waals surface area contributed by atoms with Crippen LogP contribution in [0.2, 0.25) is 0 Å². The van der Waals surface area contributed by atoms with Crippen molar-refractivity contribution in [3.8, 4) is 23.1 Å². The number of hydrogen-bond acceptors (Lipinski definition) is 4. The van der Waals surface area contributed by atoms with E-state index < -0.39 is 0 Å². The number of aromatic amines is 1. The Kier molecular flexibility index (Phi) is 5.90. The standard InChI is InChI=1S/C22H23N3O2/c1-15-10-18(22-20(12-23)13-24-25-22)11-19(16(15)2)14-27-21-7-5-17(6-8-21)4-3-9-26/h5-8,10-11,13,26H,3-4,9,14H2,1-2H3,(H,24,25). The largest absolute Gasteiger partial charge is 0.489 e. The van der Waals surface area contributed by atoms with E-state index in [9.17, 15) is 5.26 Å². The molecule has 0 spiro atoms. The summed E-state index contributed by atoms with van der Waals surface area (Å²) in [5.41, 5.74) is 6.67. The van der Waals surface area contributed by atoms with Crippen molar-refractivity contribution < 1.29 is 9.84 Å². The van der Waals surface area contributed by atoms with Crippen molar-refractivity contribution in [2.24, 2.45) is 0 Å². The van der Waals surface area contributed by atoms with E-state index in [4.69, 9.17) is 9.84 Å². The Morgan fingerprint density at radius 2 is 1.96 bits per heavy atom. The predicted molar refractivity (Wildman–Crippen MR) is 104 cm³/mol. The lowest BCUT2D eigenvalue weighted by Gasteiger charge is -2.13. The fraction of sp³-hybridized carbons (Fsp3) is 0.273. The van der Waals surface area contributed by atoms with Crippen LogP contribution in [0.25, 0.3) is 11.3 Å². The highest BCUT2D eigenvalue weighted by molar-refractivity contribution is 5.68. The highest BCUT2D eigenvalue weighted by Gasteiger charge is 2.12. The lowest BCUT2D eigenvalue weighted by molar-refractivity contribution is 0.288. The molecule has 3 aromatic rings. The molecular formula is C22H23N3O2. The van der Waals surface area contributed by atoms with E-state index in [2.05, 4.69) is 30.1 Å². The number of aromatic nitrogens is 2. The molecule has 1 aromatic heterocycles. The molecule has 0 saturated heterocycles. The first kappa shape index (κ1) is 18.7. The molecule has 0 amide bonds. The topological polar surface area (TPSA) is 81.9 Å². The molecule has 5 heteroatoms. The fourth-order valence-electron chi connectivity index (χ4n) is 3.01. The monoisotopic (exact) mass is 361 g/mol. The third kappa shape index (κ3) is 4.36. The average molecular weight is 361 g/mol. The highest BCUT2D eigenvalue weighted by Crippen LogP contribution is 2.27. The second kappa shape index (κ2) is 8.52. The first-order valence-electron chi connectivity index (χ1n) is 8.99. The summed E-state index contributed by atoms with van der Waals surface area (Å²) in [6.07, 6.45) is 3.24. The number of H-pyrrole nitrogens is 1. The van der Waals surface area contributed by atoms with Crippen LogP contribution in [-0.2, 0) is 13.0 Å². The lowest BCUT2D eigenvalue weighted by atomic mass is 9.97. The molecule has 0 saturated carbocycles. The third-order valence-corrected chi connectivity index (χ3v) is 4.75. The van der Waals surface area contributed by atoms with Crippen LogP contribution < -0.4 is 4.74 Å². The van der Waals surface area contributed by atoms with Gasteiger partial charge in [-0.15, -0.1) is 0 Å². The van der Waals surface area contributed by atoms with Crippen LogP contribution in [0.1, 0.15) is 34.2 Å². The summed E-state index contributed by atoms with van der Waals surface area (Å²) in [6, 6.07) is 14.2. The first-order valence-corrected chi connectivity index (χ1v) is 8.99. The molecule has 0 unspecified atom stereocenters. The Bertz CT molecular complexity index is 953. The zero-order valence-electron chi connectivity index (χ0n) is 15.6. The molecule has 2 aromatic carbocycles. The Morgan fingerprint density at radius 3 is 2.67 bits per heavy atom. The summed E-state index contributed by atoms with van der Waals surface area (Å²) < 4.78 is 5.97. The minimum Gasteiger partial charge on any atom is -0.489 e. The van der Waals surface area contributed by atoms with Gasteiger partial charge in [0.15, 0.2) is 0 Å². The van der Waals surface area contributed by atoms with Gasteiger partial charge >= 0.3 is 0 Å². The molecule has 0 radical (unpaired) electrons. The summed E-state index contributed by atoms with van der Waals surface area (Å²) >= 11 is 0. The number of aryl methyl sites for hydroxylation is 2. The van der Waals surface area contributed by atoms with Gasteiger partial charge in [0.05, 0.1) is 5.56 Å². The number of hydrogen-bond donors (Lipinski definition) is 2. The summed E-state index contributed by atoms with van der Waals surface area (Å²) in [5, 5.41) is 25.1. The molecule has 0 bridgehead atoms. The van der Waals surface area contributed by atoms with Gasteiger partial charge < -0.3 is 9.84 Å². The van der Waals surface area contributed by atoms with Gasteiger partial charge in [0.2, 0.25) is 0 Å². The molecule has 2 N–H and O–H groups in total. The highest BCUT2D eigenvalue weighted by atomic mass is 16.5. The zero-order valence-corrected chi connectivity index (χ0v) is 15.6. The molecule has 5 nitrogen and oxygen atoms in total. The van der Waals surface area contributed by atoms with Crippen molar-refractivity contribution in [1.29, 1.82) is 5.26 Å². The SMILES string of the molecule is Cc1cc(-c2n[nH]cc2C#N)cc(COc2ccc(CCCO)cc2)c1C. The Hall–Kier alpha value is -3.10. The smallest absolute Gasteiger partial charge is 0.119 e. The molecule has 138 valence electrons. The van der Waals surface area contributed by atoms with Gasteiger partial charge in [0.1, 0.15) is 24.1 Å². The van der Waals surface area contributed by atoms with E-state index in [-0.39, 0.29) is 6.61 Å². The molecule has 0 atom stereocenters. The van der Waals surface area contributed by atoms with Crippen LogP contribution in [0.5, 0.6) is 5.75 Å². The number of nitrogens with one attached hydrogen (secondary N) is 1. The lowest BCUT2D eigenvalue weighted by Crippen LogP contribution is -2.01. The van der Waals surface area contributed by atoms with Crippen molar-refractivity contribution in [3.63, 3.8) is 0 Å². The minimum atomic E-state index is 0.205. The summed E-state index contributed by atoms with van der Waals surface area (Å²) in [7, 11) is 0. The maximum Gasteiger partial charge on any atom is 0.119 e. The van der Waals surface area contributed by atoms with E-state index in [1.165, 1.54) is 11.1 Å². The van der Waals surface area contributed by atoms with E-state index in [0.29, 0.717) is 17.9 Å². The second-order valence-corrected chi connectivity index (χ2v) is 6.60. The van der Waals surface area contributed by atoms with Crippen molar-refractivity contribution in [2.45, 2.75) is 33.3 Å². The molecule has 0 aliphatic carbocycles. The number of rotatable bonds is 7. The maximum absolute atomic E-state index is 9.24. The Labute approximate surface area is 159 Å². The van der Waals surface area contributed by atoms with Crippen molar-refractivity contribution in [1.82, 2.24) is 10.2 Å². The number of ether oxygens (including phenoxy) is 1. The average Bonchev–Trinajstić information content (AvgIpc) is 3.17. The third-order valence-electron chi connectivity index (χ3n) is 4.75. The number of aliphatic hydroxyl groups is 1. The van der Waals surface area contributed by atoms with Crippen molar-refractivity contribution in [3.05, 3.63) is 70.4 Å². The molecular weight excluding hydrogens is 338 g/mol. The zero-order chi connectivity index (χ0) is 19.2. The quantitative estimate of drug-likeness (QED) is 0.665. The van der Waals surface area contributed by atoms with Gasteiger partial charge in [-0.1, -0.05) is 12.1 Å². The van der Waals surface area contributed by atoms with E-state index in [1.807, 2.05) is 36.4 Å². The van der Waals surface area contributed by atoms with Crippen LogP contribution in [0.15, 0.2) is 42.6 Å². The minimum absolute atomic E-state index is 0.205. The van der Waals surface area contributed by atoms with Gasteiger partial charge in [0, 0.05) is 18.4 Å². The van der Waals surface area contributed by atoms with E-state index in [1.54, 1.807) is 6.20 Å². The van der Waals surface area contributed by atoms with Crippen LogP contribution >= 0.6 is 0 Å². The first-order chi connectivity index (χ1) is 13.1. The molecule has 0 fully saturated rings. The second-order valence-electron chi connectivity index (χ2n) is 6.60. The molecule has 1 heterocycles. The Morgan fingerprint density at radius 1 is 1.19 bits per heavy atom. The van der Waals surface area contributed by atoms with Gasteiger partial charge in [-0.05, 0) is 73.2 Å². The maximum atomic E-state index is 9.24. The number of nitrogens with zero attached hydrogens (tertiary/aromatic N) is 2. The van der Waals surface area contributed by atoms with Crippen molar-refractivity contribution in [2.75, 3.05) is 6.61 Å². The van der Waals surface area contributed by atoms with E-state index in [0.717, 1.165) is 35.3 Å². The van der Waals surface area contributed by atoms with Crippen molar-refractivity contribution >= 4 is 0 Å². The van der Waals surface area contributed by atoms with Crippen LogP contribution in [0.4, 0.5) is 0 Å². The van der Waals surface area contributed by atoms with Gasteiger partial charge in [-0.3, -0.25) is 5.10 Å². The molecule has 3 rings (SSSR count). The molecule has 27 heavy (non-hydrogen) atoms.